The van der Waals surface area contributed by atoms with E-state index in [1.54, 1.807) is 20.8 Å². The summed E-state index contributed by atoms with van der Waals surface area (Å²) in [4.78, 5) is 21.2. The second-order valence-electron chi connectivity index (χ2n) is 4.43. The van der Waals surface area contributed by atoms with Gasteiger partial charge in [0.15, 0.2) is 0 Å². The number of carboxylic acid groups (broad SMARTS) is 2. The zero-order valence-electron chi connectivity index (χ0n) is 8.65. The Bertz CT molecular complexity index is 231. The van der Waals surface area contributed by atoms with E-state index in [1.165, 1.54) is 0 Å². The van der Waals surface area contributed by atoms with Gasteiger partial charge < -0.3 is 15.9 Å². The minimum atomic E-state index is -1.16. The zero-order chi connectivity index (χ0) is 11.5. The molecule has 0 aliphatic rings. The van der Waals surface area contributed by atoms with Crippen LogP contribution in [0.1, 0.15) is 27.2 Å². The molecular formula is C9H17NO4. The molecule has 0 saturated heterocycles. The summed E-state index contributed by atoms with van der Waals surface area (Å²) in [5.41, 5.74) is 5.00. The van der Waals surface area contributed by atoms with Crippen molar-refractivity contribution < 1.29 is 19.8 Å². The lowest BCUT2D eigenvalue weighted by Gasteiger charge is -2.32. The highest BCUT2D eigenvalue weighted by Crippen LogP contribution is 2.30. The Labute approximate surface area is 82.9 Å². The van der Waals surface area contributed by atoms with Gasteiger partial charge in [-0.15, -0.1) is 0 Å². The quantitative estimate of drug-likeness (QED) is 0.619. The van der Waals surface area contributed by atoms with Crippen molar-refractivity contribution in [2.45, 2.75) is 33.2 Å². The van der Waals surface area contributed by atoms with Gasteiger partial charge in [-0.2, -0.15) is 0 Å². The molecule has 1 unspecified atom stereocenters. The van der Waals surface area contributed by atoms with E-state index in [0.29, 0.717) is 0 Å². The van der Waals surface area contributed by atoms with Gasteiger partial charge in [0.25, 0.3) is 0 Å². The summed E-state index contributed by atoms with van der Waals surface area (Å²) in [5.74, 6) is -2.76. The first-order valence-electron chi connectivity index (χ1n) is 4.36. The average molecular weight is 203 g/mol. The lowest BCUT2D eigenvalue weighted by molar-refractivity contribution is -0.144. The minimum Gasteiger partial charge on any atom is -0.481 e. The van der Waals surface area contributed by atoms with Crippen LogP contribution in [0.3, 0.4) is 0 Å². The summed E-state index contributed by atoms with van der Waals surface area (Å²) in [5, 5.41) is 17.3. The van der Waals surface area contributed by atoms with Crippen LogP contribution in [0.2, 0.25) is 0 Å². The number of hydrogen-bond acceptors (Lipinski definition) is 3. The largest absolute Gasteiger partial charge is 0.481 e. The first kappa shape index (κ1) is 12.9. The van der Waals surface area contributed by atoms with Crippen molar-refractivity contribution in [3.05, 3.63) is 0 Å². The molecule has 0 amide bonds. The van der Waals surface area contributed by atoms with E-state index in [-0.39, 0.29) is 6.42 Å². The van der Waals surface area contributed by atoms with E-state index >= 15 is 0 Å². The predicted molar refractivity (Wildman–Crippen MR) is 50.8 cm³/mol. The Morgan fingerprint density at radius 3 is 1.93 bits per heavy atom. The molecular weight excluding hydrogens is 186 g/mol. The molecule has 0 aromatic rings. The second-order valence-corrected chi connectivity index (χ2v) is 4.43. The van der Waals surface area contributed by atoms with Gasteiger partial charge in [-0.05, 0) is 11.3 Å². The van der Waals surface area contributed by atoms with E-state index in [2.05, 4.69) is 0 Å². The van der Waals surface area contributed by atoms with Crippen LogP contribution in [0.15, 0.2) is 0 Å². The Morgan fingerprint density at radius 2 is 1.71 bits per heavy atom. The highest BCUT2D eigenvalue weighted by molar-refractivity contribution is 5.75. The van der Waals surface area contributed by atoms with Crippen LogP contribution in [0.4, 0.5) is 0 Å². The summed E-state index contributed by atoms with van der Waals surface area (Å²) in [6.07, 6.45) is -0.225. The zero-order valence-corrected chi connectivity index (χ0v) is 8.65. The molecule has 0 spiro atoms. The van der Waals surface area contributed by atoms with Gasteiger partial charge in [-0.1, -0.05) is 20.8 Å². The number of rotatable bonds is 4. The molecule has 5 nitrogen and oxygen atoms in total. The van der Waals surface area contributed by atoms with E-state index in [1.807, 2.05) is 0 Å². The molecule has 0 bridgehead atoms. The Hall–Kier alpha value is -1.10. The number of carbonyl (C=O) groups is 2. The van der Waals surface area contributed by atoms with Crippen molar-refractivity contribution in [2.75, 3.05) is 0 Å². The Kier molecular flexibility index (Phi) is 4.07. The summed E-state index contributed by atoms with van der Waals surface area (Å²) >= 11 is 0. The summed E-state index contributed by atoms with van der Waals surface area (Å²) < 4.78 is 0. The molecule has 0 fully saturated rings. The highest BCUT2D eigenvalue weighted by Gasteiger charge is 2.35. The molecule has 0 radical (unpaired) electrons. The topological polar surface area (TPSA) is 101 Å². The monoisotopic (exact) mass is 203 g/mol. The lowest BCUT2D eigenvalue weighted by Crippen LogP contribution is -2.45. The van der Waals surface area contributed by atoms with Gasteiger partial charge in [0.2, 0.25) is 0 Å². The van der Waals surface area contributed by atoms with Crippen molar-refractivity contribution in [1.29, 1.82) is 0 Å². The van der Waals surface area contributed by atoms with E-state index in [9.17, 15) is 9.59 Å². The Balaban J connectivity index is 4.73. The van der Waals surface area contributed by atoms with Gasteiger partial charge in [0.1, 0.15) is 6.04 Å². The molecule has 5 heteroatoms. The first-order valence-corrected chi connectivity index (χ1v) is 4.36. The molecule has 0 aromatic carbocycles. The molecule has 0 heterocycles. The van der Waals surface area contributed by atoms with Crippen LogP contribution in [0, 0.1) is 11.3 Å². The van der Waals surface area contributed by atoms with Crippen molar-refractivity contribution in [3.8, 4) is 0 Å². The maximum Gasteiger partial charge on any atom is 0.320 e. The van der Waals surface area contributed by atoms with Crippen LogP contribution in [0.25, 0.3) is 0 Å². The smallest absolute Gasteiger partial charge is 0.320 e. The van der Waals surface area contributed by atoms with Crippen molar-refractivity contribution >= 4 is 11.9 Å². The number of carboxylic acids is 2. The fraction of sp³-hybridized carbons (Fsp3) is 0.778. The minimum absolute atomic E-state index is 0.225. The predicted octanol–water partition coefficient (Wildman–Crippen LogP) is 0.535. The van der Waals surface area contributed by atoms with E-state index in [4.69, 9.17) is 15.9 Å². The van der Waals surface area contributed by atoms with Crippen molar-refractivity contribution in [2.24, 2.45) is 17.1 Å². The fourth-order valence-corrected chi connectivity index (χ4v) is 1.33. The molecule has 2 atom stereocenters. The van der Waals surface area contributed by atoms with Gasteiger partial charge >= 0.3 is 11.9 Å². The molecule has 4 N–H and O–H groups in total. The highest BCUT2D eigenvalue weighted by atomic mass is 16.4. The molecule has 82 valence electrons. The Morgan fingerprint density at radius 1 is 1.29 bits per heavy atom. The van der Waals surface area contributed by atoms with Gasteiger partial charge in [-0.25, -0.2) is 0 Å². The molecule has 0 saturated carbocycles. The van der Waals surface area contributed by atoms with Gasteiger partial charge in [0, 0.05) is 0 Å². The van der Waals surface area contributed by atoms with Crippen LogP contribution in [-0.2, 0) is 9.59 Å². The van der Waals surface area contributed by atoms with Crippen LogP contribution < -0.4 is 5.73 Å². The summed E-state index contributed by atoms with van der Waals surface area (Å²) in [6, 6.07) is -1.13. The van der Waals surface area contributed by atoms with Crippen molar-refractivity contribution in [1.82, 2.24) is 0 Å². The average Bonchev–Trinajstić information content (AvgIpc) is 1.96. The lowest BCUT2D eigenvalue weighted by atomic mass is 9.74. The van der Waals surface area contributed by atoms with Crippen LogP contribution >= 0.6 is 0 Å². The maximum atomic E-state index is 10.7. The van der Waals surface area contributed by atoms with E-state index < -0.39 is 29.3 Å². The van der Waals surface area contributed by atoms with E-state index in [0.717, 1.165) is 0 Å². The standard InChI is InChI=1S/C9H17NO4/c1-9(2,3)5(4-6(11)12)7(10)8(13)14/h5,7H,4,10H2,1-3H3,(H,11,12)(H,13,14)/t5?,7-/m0/s1. The van der Waals surface area contributed by atoms with Gasteiger partial charge in [0.05, 0.1) is 6.42 Å². The molecule has 0 aliphatic heterocycles. The first-order chi connectivity index (χ1) is 6.16. The molecule has 0 aromatic heterocycles. The van der Waals surface area contributed by atoms with Crippen LogP contribution in [0.5, 0.6) is 0 Å². The summed E-state index contributed by atoms with van der Waals surface area (Å²) in [7, 11) is 0. The molecule has 0 aliphatic carbocycles. The molecule has 14 heavy (non-hydrogen) atoms. The van der Waals surface area contributed by atoms with Gasteiger partial charge in [-0.3, -0.25) is 9.59 Å². The molecule has 0 rings (SSSR count). The fourth-order valence-electron chi connectivity index (χ4n) is 1.33. The normalized spacial score (nSPS) is 16.0. The maximum absolute atomic E-state index is 10.7. The third kappa shape index (κ3) is 3.74. The third-order valence-corrected chi connectivity index (χ3v) is 2.23. The van der Waals surface area contributed by atoms with Crippen molar-refractivity contribution in [3.63, 3.8) is 0 Å². The SMILES string of the molecule is CC(C)(C)C(CC(=O)O)[C@H](N)C(=O)O. The summed E-state index contributed by atoms with van der Waals surface area (Å²) in [6.45, 7) is 5.34. The number of hydrogen-bond donors (Lipinski definition) is 3. The third-order valence-electron chi connectivity index (χ3n) is 2.23. The number of aliphatic carboxylic acids is 2. The van der Waals surface area contributed by atoms with Crippen LogP contribution in [-0.4, -0.2) is 28.2 Å². The second kappa shape index (κ2) is 4.41. The number of nitrogens with two attached hydrogens (primary N) is 1.